The Morgan fingerprint density at radius 3 is 2.50 bits per heavy atom. The predicted molar refractivity (Wildman–Crippen MR) is 50.0 cm³/mol. The summed E-state index contributed by atoms with van der Waals surface area (Å²) in [5, 5.41) is 0. The molecule has 72 valence electrons. The Morgan fingerprint density at radius 2 is 2.00 bits per heavy atom. The van der Waals surface area contributed by atoms with E-state index in [4.69, 9.17) is 0 Å². The molecule has 1 rings (SSSR count). The average Bonchev–Trinajstić information content (AvgIpc) is 2.04. The van der Waals surface area contributed by atoms with Gasteiger partial charge in [0.2, 0.25) is 0 Å². The number of alkyl halides is 1. The fraction of sp³-hybridized carbons (Fsp3) is 1.00. The van der Waals surface area contributed by atoms with E-state index < -0.39 is 6.17 Å². The van der Waals surface area contributed by atoms with Gasteiger partial charge in [-0.2, -0.15) is 0 Å². The zero-order chi connectivity index (χ0) is 9.14. The number of halogens is 1. The minimum absolute atomic E-state index is 0.279. The van der Waals surface area contributed by atoms with Crippen LogP contribution in [0.5, 0.6) is 0 Å². The zero-order valence-electron chi connectivity index (χ0n) is 8.39. The molecule has 0 aliphatic carbocycles. The summed E-state index contributed by atoms with van der Waals surface area (Å²) >= 11 is 0. The van der Waals surface area contributed by atoms with Crippen molar-refractivity contribution in [3.8, 4) is 0 Å². The van der Waals surface area contributed by atoms with Gasteiger partial charge in [-0.05, 0) is 40.2 Å². The lowest BCUT2D eigenvalue weighted by molar-refractivity contribution is 0.0949. The van der Waals surface area contributed by atoms with E-state index in [9.17, 15) is 4.39 Å². The Balaban J connectivity index is 2.40. The van der Waals surface area contributed by atoms with Crippen LogP contribution in [0.3, 0.4) is 0 Å². The second-order valence-corrected chi connectivity index (χ2v) is 4.17. The van der Waals surface area contributed by atoms with Crippen molar-refractivity contribution in [3.63, 3.8) is 0 Å². The van der Waals surface area contributed by atoms with Gasteiger partial charge < -0.3 is 4.90 Å². The van der Waals surface area contributed by atoms with Crippen molar-refractivity contribution in [1.82, 2.24) is 4.90 Å². The summed E-state index contributed by atoms with van der Waals surface area (Å²) < 4.78 is 13.0. The molecule has 0 amide bonds. The van der Waals surface area contributed by atoms with Crippen LogP contribution in [0.4, 0.5) is 4.39 Å². The summed E-state index contributed by atoms with van der Waals surface area (Å²) in [5.41, 5.74) is 0. The van der Waals surface area contributed by atoms with Gasteiger partial charge in [0, 0.05) is 18.5 Å². The van der Waals surface area contributed by atoms with Crippen molar-refractivity contribution < 1.29 is 4.39 Å². The summed E-state index contributed by atoms with van der Waals surface area (Å²) in [7, 11) is 0. The summed E-state index contributed by atoms with van der Waals surface area (Å²) in [6.45, 7) is 8.17. The first kappa shape index (κ1) is 9.97. The average molecular weight is 173 g/mol. The molecule has 0 N–H and O–H groups in total. The normalized spacial score (nSPS) is 29.2. The van der Waals surface area contributed by atoms with Crippen LogP contribution in [-0.4, -0.2) is 30.2 Å². The van der Waals surface area contributed by atoms with E-state index >= 15 is 0 Å². The van der Waals surface area contributed by atoms with Gasteiger partial charge in [-0.1, -0.05) is 0 Å². The molecule has 0 aromatic rings. The minimum Gasteiger partial charge on any atom is -0.301 e. The number of likely N-dealkylation sites (tertiary alicyclic amines) is 1. The highest BCUT2D eigenvalue weighted by molar-refractivity contribution is 4.78. The SMILES string of the molecule is CC(F)C1CCCN(C(C)C)C1. The summed E-state index contributed by atoms with van der Waals surface area (Å²) in [5.74, 6) is 0.279. The summed E-state index contributed by atoms with van der Waals surface area (Å²) in [6.07, 6.45) is 1.60. The van der Waals surface area contributed by atoms with Crippen LogP contribution in [0.2, 0.25) is 0 Å². The van der Waals surface area contributed by atoms with Crippen molar-refractivity contribution in [2.75, 3.05) is 13.1 Å². The lowest BCUT2D eigenvalue weighted by Gasteiger charge is -2.35. The third kappa shape index (κ3) is 2.44. The molecule has 1 aliphatic heterocycles. The first-order chi connectivity index (χ1) is 5.61. The molecule has 0 aromatic heterocycles. The van der Waals surface area contributed by atoms with E-state index in [2.05, 4.69) is 18.7 Å². The first-order valence-electron chi connectivity index (χ1n) is 4.99. The summed E-state index contributed by atoms with van der Waals surface area (Å²) in [4.78, 5) is 2.38. The highest BCUT2D eigenvalue weighted by Crippen LogP contribution is 2.22. The van der Waals surface area contributed by atoms with Crippen LogP contribution in [0.15, 0.2) is 0 Å². The van der Waals surface area contributed by atoms with Gasteiger partial charge in [0.15, 0.2) is 0 Å². The van der Waals surface area contributed by atoms with Gasteiger partial charge in [0.25, 0.3) is 0 Å². The molecular formula is C10H20FN. The second kappa shape index (κ2) is 4.22. The van der Waals surface area contributed by atoms with Crippen LogP contribution in [-0.2, 0) is 0 Å². The van der Waals surface area contributed by atoms with Crippen LogP contribution < -0.4 is 0 Å². The van der Waals surface area contributed by atoms with E-state index in [1.165, 1.54) is 0 Å². The van der Waals surface area contributed by atoms with Gasteiger partial charge >= 0.3 is 0 Å². The Bertz CT molecular complexity index is 120. The lowest BCUT2D eigenvalue weighted by Crippen LogP contribution is -2.42. The van der Waals surface area contributed by atoms with Crippen LogP contribution >= 0.6 is 0 Å². The zero-order valence-corrected chi connectivity index (χ0v) is 8.39. The standard InChI is InChI=1S/C10H20FN/c1-8(2)12-6-4-5-10(7-12)9(3)11/h8-10H,4-7H2,1-3H3. The molecule has 12 heavy (non-hydrogen) atoms. The van der Waals surface area contributed by atoms with E-state index in [1.54, 1.807) is 6.92 Å². The predicted octanol–water partition coefficient (Wildman–Crippen LogP) is 2.46. The molecule has 2 heteroatoms. The molecule has 1 nitrogen and oxygen atoms in total. The molecule has 0 bridgehead atoms. The molecule has 0 aromatic carbocycles. The van der Waals surface area contributed by atoms with E-state index in [0.29, 0.717) is 6.04 Å². The largest absolute Gasteiger partial charge is 0.301 e. The van der Waals surface area contributed by atoms with Gasteiger partial charge in [0.1, 0.15) is 6.17 Å². The number of nitrogens with zero attached hydrogens (tertiary/aromatic N) is 1. The fourth-order valence-electron chi connectivity index (χ4n) is 1.88. The number of hydrogen-bond acceptors (Lipinski definition) is 1. The third-order valence-corrected chi connectivity index (χ3v) is 2.87. The van der Waals surface area contributed by atoms with Crippen molar-refractivity contribution in [2.45, 2.75) is 45.8 Å². The van der Waals surface area contributed by atoms with Crippen LogP contribution in [0.1, 0.15) is 33.6 Å². The fourth-order valence-corrected chi connectivity index (χ4v) is 1.88. The monoisotopic (exact) mass is 173 g/mol. The molecule has 1 aliphatic rings. The maximum absolute atomic E-state index is 13.0. The molecule has 2 unspecified atom stereocenters. The summed E-state index contributed by atoms with van der Waals surface area (Å²) in [6, 6.07) is 0.576. The molecule has 0 radical (unpaired) electrons. The van der Waals surface area contributed by atoms with Crippen molar-refractivity contribution >= 4 is 0 Å². The molecular weight excluding hydrogens is 153 g/mol. The van der Waals surface area contributed by atoms with Gasteiger partial charge in [-0.3, -0.25) is 0 Å². The van der Waals surface area contributed by atoms with E-state index in [1.807, 2.05) is 0 Å². The first-order valence-corrected chi connectivity index (χ1v) is 4.99. The van der Waals surface area contributed by atoms with Crippen LogP contribution in [0, 0.1) is 5.92 Å². The number of rotatable bonds is 2. The second-order valence-electron chi connectivity index (χ2n) is 4.17. The maximum atomic E-state index is 13.0. The van der Waals surface area contributed by atoms with Crippen LogP contribution in [0.25, 0.3) is 0 Å². The van der Waals surface area contributed by atoms with Gasteiger partial charge in [0.05, 0.1) is 0 Å². The Hall–Kier alpha value is -0.110. The maximum Gasteiger partial charge on any atom is 0.101 e. The Labute approximate surface area is 74.9 Å². The number of hydrogen-bond donors (Lipinski definition) is 0. The number of piperidine rings is 1. The molecule has 1 heterocycles. The Kier molecular flexibility index (Phi) is 3.51. The van der Waals surface area contributed by atoms with E-state index in [0.717, 1.165) is 25.9 Å². The quantitative estimate of drug-likeness (QED) is 0.620. The van der Waals surface area contributed by atoms with Crippen molar-refractivity contribution in [3.05, 3.63) is 0 Å². The molecule has 2 atom stereocenters. The van der Waals surface area contributed by atoms with E-state index in [-0.39, 0.29) is 5.92 Å². The van der Waals surface area contributed by atoms with Gasteiger partial charge in [-0.25, -0.2) is 4.39 Å². The topological polar surface area (TPSA) is 3.24 Å². The highest BCUT2D eigenvalue weighted by atomic mass is 19.1. The highest BCUT2D eigenvalue weighted by Gasteiger charge is 2.25. The molecule has 0 spiro atoms. The molecule has 0 saturated carbocycles. The Morgan fingerprint density at radius 1 is 1.33 bits per heavy atom. The third-order valence-electron chi connectivity index (χ3n) is 2.87. The minimum atomic E-state index is -0.633. The molecule has 1 fully saturated rings. The molecule has 1 saturated heterocycles. The van der Waals surface area contributed by atoms with Crippen molar-refractivity contribution in [1.29, 1.82) is 0 Å². The smallest absolute Gasteiger partial charge is 0.101 e. The van der Waals surface area contributed by atoms with Gasteiger partial charge in [-0.15, -0.1) is 0 Å². The lowest BCUT2D eigenvalue weighted by atomic mass is 9.93. The van der Waals surface area contributed by atoms with Crippen molar-refractivity contribution in [2.24, 2.45) is 5.92 Å².